The number of hydrogen-bond acceptors (Lipinski definition) is 2. The molecule has 1 aliphatic rings. The standard InChI is InChI=1S/C18H30N2/c1-12(2)11-20-8-6-7-17(19)18(20)16-10-14(4)13(3)9-15(16)5/h9-10,12,17-18H,6-8,11,19H2,1-5H3. The Hall–Kier alpha value is -0.860. The van der Waals surface area contributed by atoms with Gasteiger partial charge in [0.15, 0.2) is 0 Å². The van der Waals surface area contributed by atoms with Crippen molar-refractivity contribution in [1.82, 2.24) is 4.90 Å². The lowest BCUT2D eigenvalue weighted by Gasteiger charge is -2.41. The highest BCUT2D eigenvalue weighted by atomic mass is 15.2. The van der Waals surface area contributed by atoms with Crippen LogP contribution in [0.3, 0.4) is 0 Å². The molecule has 2 unspecified atom stereocenters. The molecule has 2 heteroatoms. The van der Waals surface area contributed by atoms with Crippen LogP contribution < -0.4 is 5.73 Å². The highest BCUT2D eigenvalue weighted by molar-refractivity contribution is 5.39. The van der Waals surface area contributed by atoms with Gasteiger partial charge in [-0.3, -0.25) is 4.90 Å². The van der Waals surface area contributed by atoms with Gasteiger partial charge in [0.05, 0.1) is 6.04 Å². The Kier molecular flexibility index (Phi) is 4.87. The molecular weight excluding hydrogens is 244 g/mol. The monoisotopic (exact) mass is 274 g/mol. The maximum Gasteiger partial charge on any atom is 0.0501 e. The molecule has 0 spiro atoms. The largest absolute Gasteiger partial charge is 0.326 e. The predicted molar refractivity (Wildman–Crippen MR) is 87.0 cm³/mol. The lowest BCUT2D eigenvalue weighted by atomic mass is 9.86. The van der Waals surface area contributed by atoms with Crippen molar-refractivity contribution in [2.24, 2.45) is 11.7 Å². The molecule has 1 heterocycles. The summed E-state index contributed by atoms with van der Waals surface area (Å²) in [5.74, 6) is 0.689. The molecule has 0 saturated carbocycles. The highest BCUT2D eigenvalue weighted by Crippen LogP contribution is 2.33. The van der Waals surface area contributed by atoms with E-state index >= 15 is 0 Å². The van der Waals surface area contributed by atoms with Gasteiger partial charge in [-0.05, 0) is 68.3 Å². The third kappa shape index (κ3) is 3.24. The number of nitrogens with two attached hydrogens (primary N) is 1. The quantitative estimate of drug-likeness (QED) is 0.910. The van der Waals surface area contributed by atoms with Crippen LogP contribution in [-0.4, -0.2) is 24.0 Å². The summed E-state index contributed by atoms with van der Waals surface area (Å²) in [5, 5.41) is 0. The topological polar surface area (TPSA) is 29.3 Å². The normalized spacial score (nSPS) is 24.4. The fourth-order valence-electron chi connectivity index (χ4n) is 3.50. The van der Waals surface area contributed by atoms with E-state index in [2.05, 4.69) is 51.7 Å². The van der Waals surface area contributed by atoms with E-state index in [1.807, 2.05) is 0 Å². The van der Waals surface area contributed by atoms with Gasteiger partial charge in [-0.1, -0.05) is 26.0 Å². The summed E-state index contributed by atoms with van der Waals surface area (Å²) in [5.41, 5.74) is 12.1. The van der Waals surface area contributed by atoms with Gasteiger partial charge in [0.25, 0.3) is 0 Å². The van der Waals surface area contributed by atoms with Crippen molar-refractivity contribution in [2.75, 3.05) is 13.1 Å². The zero-order valence-electron chi connectivity index (χ0n) is 13.7. The summed E-state index contributed by atoms with van der Waals surface area (Å²) >= 11 is 0. The molecule has 2 atom stereocenters. The Balaban J connectivity index is 2.37. The summed E-state index contributed by atoms with van der Waals surface area (Å²) < 4.78 is 0. The van der Waals surface area contributed by atoms with Crippen molar-refractivity contribution < 1.29 is 0 Å². The SMILES string of the molecule is Cc1cc(C)c(C2C(N)CCCN2CC(C)C)cc1C. The van der Waals surface area contributed by atoms with Crippen molar-refractivity contribution in [1.29, 1.82) is 0 Å². The van der Waals surface area contributed by atoms with Crippen LogP contribution in [0, 0.1) is 26.7 Å². The number of likely N-dealkylation sites (tertiary alicyclic amines) is 1. The lowest BCUT2D eigenvalue weighted by Crippen LogP contribution is -2.47. The van der Waals surface area contributed by atoms with E-state index in [1.54, 1.807) is 0 Å². The number of nitrogens with zero attached hydrogens (tertiary/aromatic N) is 1. The van der Waals surface area contributed by atoms with Gasteiger partial charge in [0.2, 0.25) is 0 Å². The van der Waals surface area contributed by atoms with Crippen LogP contribution in [0.1, 0.15) is 55.0 Å². The average Bonchev–Trinajstić information content (AvgIpc) is 2.34. The number of piperidine rings is 1. The van der Waals surface area contributed by atoms with E-state index in [4.69, 9.17) is 5.73 Å². The number of rotatable bonds is 3. The van der Waals surface area contributed by atoms with Crippen LogP contribution >= 0.6 is 0 Å². The Labute approximate surface area is 124 Å². The fourth-order valence-corrected chi connectivity index (χ4v) is 3.50. The van der Waals surface area contributed by atoms with Gasteiger partial charge in [-0.15, -0.1) is 0 Å². The lowest BCUT2D eigenvalue weighted by molar-refractivity contribution is 0.113. The number of hydrogen-bond donors (Lipinski definition) is 1. The third-order valence-corrected chi connectivity index (χ3v) is 4.58. The molecule has 0 bridgehead atoms. The van der Waals surface area contributed by atoms with Crippen LogP contribution in [0.2, 0.25) is 0 Å². The van der Waals surface area contributed by atoms with Crippen LogP contribution in [0.25, 0.3) is 0 Å². The first-order valence-corrected chi connectivity index (χ1v) is 7.97. The summed E-state index contributed by atoms with van der Waals surface area (Å²) in [6, 6.07) is 5.35. The first kappa shape index (κ1) is 15.5. The molecule has 0 aliphatic carbocycles. The minimum absolute atomic E-state index is 0.267. The maximum atomic E-state index is 6.49. The summed E-state index contributed by atoms with van der Waals surface area (Å²) in [7, 11) is 0. The van der Waals surface area contributed by atoms with Gasteiger partial charge >= 0.3 is 0 Å². The molecule has 1 saturated heterocycles. The van der Waals surface area contributed by atoms with E-state index in [0.29, 0.717) is 12.0 Å². The molecule has 1 aromatic rings. The second kappa shape index (κ2) is 6.28. The van der Waals surface area contributed by atoms with E-state index < -0.39 is 0 Å². The van der Waals surface area contributed by atoms with Crippen molar-refractivity contribution in [3.8, 4) is 0 Å². The van der Waals surface area contributed by atoms with Crippen molar-refractivity contribution in [3.63, 3.8) is 0 Å². The molecule has 2 nitrogen and oxygen atoms in total. The summed E-state index contributed by atoms with van der Waals surface area (Å²) in [4.78, 5) is 2.61. The Bertz CT molecular complexity index is 465. The van der Waals surface area contributed by atoms with Crippen LogP contribution in [0.5, 0.6) is 0 Å². The maximum absolute atomic E-state index is 6.49. The van der Waals surface area contributed by atoms with Gasteiger partial charge in [-0.25, -0.2) is 0 Å². The molecule has 0 amide bonds. The molecule has 0 aromatic heterocycles. The van der Waals surface area contributed by atoms with E-state index in [1.165, 1.54) is 35.2 Å². The molecular formula is C18H30N2. The van der Waals surface area contributed by atoms with E-state index in [-0.39, 0.29) is 6.04 Å². The number of benzene rings is 1. The molecule has 112 valence electrons. The first-order valence-electron chi connectivity index (χ1n) is 7.97. The zero-order valence-corrected chi connectivity index (χ0v) is 13.7. The Morgan fingerprint density at radius 2 is 1.80 bits per heavy atom. The summed E-state index contributed by atoms with van der Waals surface area (Å²) in [6.45, 7) is 13.6. The van der Waals surface area contributed by atoms with Crippen molar-refractivity contribution >= 4 is 0 Å². The van der Waals surface area contributed by atoms with Gasteiger partial charge < -0.3 is 5.73 Å². The van der Waals surface area contributed by atoms with Crippen LogP contribution in [-0.2, 0) is 0 Å². The minimum atomic E-state index is 0.267. The minimum Gasteiger partial charge on any atom is -0.326 e. The molecule has 2 N–H and O–H groups in total. The summed E-state index contributed by atoms with van der Waals surface area (Å²) in [6.07, 6.45) is 2.37. The smallest absolute Gasteiger partial charge is 0.0501 e. The van der Waals surface area contributed by atoms with Gasteiger partial charge in [-0.2, -0.15) is 0 Å². The second-order valence-electron chi connectivity index (χ2n) is 6.93. The third-order valence-electron chi connectivity index (χ3n) is 4.58. The zero-order chi connectivity index (χ0) is 14.9. The van der Waals surface area contributed by atoms with E-state index in [9.17, 15) is 0 Å². The number of aryl methyl sites for hydroxylation is 3. The van der Waals surface area contributed by atoms with Gasteiger partial charge in [0.1, 0.15) is 0 Å². The van der Waals surface area contributed by atoms with Crippen LogP contribution in [0.4, 0.5) is 0 Å². The predicted octanol–water partition coefficient (Wildman–Crippen LogP) is 3.73. The Morgan fingerprint density at radius 3 is 2.45 bits per heavy atom. The average molecular weight is 274 g/mol. The molecule has 1 aromatic carbocycles. The first-order chi connectivity index (χ1) is 9.40. The van der Waals surface area contributed by atoms with Gasteiger partial charge in [0, 0.05) is 12.6 Å². The Morgan fingerprint density at radius 1 is 1.15 bits per heavy atom. The van der Waals surface area contributed by atoms with Crippen molar-refractivity contribution in [3.05, 3.63) is 34.4 Å². The van der Waals surface area contributed by atoms with E-state index in [0.717, 1.165) is 13.0 Å². The van der Waals surface area contributed by atoms with Crippen LogP contribution in [0.15, 0.2) is 12.1 Å². The molecule has 20 heavy (non-hydrogen) atoms. The van der Waals surface area contributed by atoms with Crippen molar-refractivity contribution in [2.45, 2.75) is 59.5 Å². The molecule has 1 aliphatic heterocycles. The second-order valence-corrected chi connectivity index (χ2v) is 6.93. The molecule has 2 rings (SSSR count). The highest BCUT2D eigenvalue weighted by Gasteiger charge is 2.31. The molecule has 1 fully saturated rings. The molecule has 0 radical (unpaired) electrons. The fraction of sp³-hybridized carbons (Fsp3) is 0.667.